The number of hydrogen-bond acceptors (Lipinski definition) is 5. The molecule has 1 aromatic heterocycles. The van der Waals surface area contributed by atoms with Crippen LogP contribution >= 0.6 is 0 Å². The van der Waals surface area contributed by atoms with Gasteiger partial charge >= 0.3 is 11.9 Å². The Morgan fingerprint density at radius 3 is 2.54 bits per heavy atom. The van der Waals surface area contributed by atoms with E-state index in [4.69, 9.17) is 4.74 Å². The number of carbonyl (C=O) groups excluding carboxylic acids is 2. The Bertz CT molecular complexity index is 955. The van der Waals surface area contributed by atoms with Gasteiger partial charge in [0.15, 0.2) is 0 Å². The zero-order valence-corrected chi connectivity index (χ0v) is 14.4. The third-order valence-electron chi connectivity index (χ3n) is 3.85. The molecule has 132 valence electrons. The average Bonchev–Trinajstić information content (AvgIpc) is 3.11. The summed E-state index contributed by atoms with van der Waals surface area (Å²) in [6, 6.07) is 17.5. The van der Waals surface area contributed by atoms with Crippen molar-refractivity contribution in [3.63, 3.8) is 0 Å². The largest absolute Gasteiger partial charge is 0.466 e. The molecule has 2 N–H and O–H groups in total. The number of para-hydroxylation sites is 1. The lowest BCUT2D eigenvalue weighted by Crippen LogP contribution is -2.15. The molecule has 0 aliphatic rings. The maximum atomic E-state index is 11.9. The summed E-state index contributed by atoms with van der Waals surface area (Å²) >= 11 is 0. The second-order valence-electron chi connectivity index (χ2n) is 5.55. The van der Waals surface area contributed by atoms with Crippen LogP contribution in [0.5, 0.6) is 0 Å². The van der Waals surface area contributed by atoms with Crippen molar-refractivity contribution in [1.29, 1.82) is 0 Å². The summed E-state index contributed by atoms with van der Waals surface area (Å²) in [7, 11) is 2.49. The van der Waals surface area contributed by atoms with Gasteiger partial charge < -0.3 is 19.8 Å². The number of benzene rings is 2. The molecular weight excluding hydrogens is 332 g/mol. The molecule has 6 heteroatoms. The molecule has 0 unspecified atom stereocenters. The van der Waals surface area contributed by atoms with E-state index in [9.17, 15) is 9.59 Å². The van der Waals surface area contributed by atoms with Gasteiger partial charge in [0.2, 0.25) is 0 Å². The Hall–Kier alpha value is -3.54. The SMILES string of the molecule is COC(=O)/C=C(/Nc1cccc(-c2cc3ccccc3[nH]2)c1)C(=O)OC. The number of fused-ring (bicyclic) bond motifs is 1. The predicted molar refractivity (Wildman–Crippen MR) is 99.5 cm³/mol. The Labute approximate surface area is 150 Å². The Balaban J connectivity index is 1.91. The monoisotopic (exact) mass is 350 g/mol. The zero-order valence-electron chi connectivity index (χ0n) is 14.4. The van der Waals surface area contributed by atoms with Gasteiger partial charge in [0.05, 0.1) is 20.3 Å². The van der Waals surface area contributed by atoms with Crippen LogP contribution in [0.2, 0.25) is 0 Å². The lowest BCUT2D eigenvalue weighted by atomic mass is 10.1. The van der Waals surface area contributed by atoms with Crippen LogP contribution in [0.15, 0.2) is 66.4 Å². The van der Waals surface area contributed by atoms with E-state index < -0.39 is 11.9 Å². The number of anilines is 1. The fourth-order valence-electron chi connectivity index (χ4n) is 2.58. The molecule has 1 heterocycles. The molecule has 0 aliphatic heterocycles. The zero-order chi connectivity index (χ0) is 18.5. The summed E-state index contributed by atoms with van der Waals surface area (Å²) in [6.07, 6.45) is 1.06. The molecule has 0 bridgehead atoms. The molecule has 2 aromatic carbocycles. The second-order valence-corrected chi connectivity index (χ2v) is 5.55. The summed E-state index contributed by atoms with van der Waals surface area (Å²) in [5, 5.41) is 4.02. The molecule has 0 saturated heterocycles. The number of aromatic amines is 1. The molecule has 3 rings (SSSR count). The number of nitrogens with one attached hydrogen (secondary N) is 2. The minimum atomic E-state index is -0.661. The minimum Gasteiger partial charge on any atom is -0.466 e. The van der Waals surface area contributed by atoms with E-state index in [1.54, 1.807) is 6.07 Å². The molecular formula is C20H18N2O4. The number of H-pyrrole nitrogens is 1. The standard InChI is InChI=1S/C20H18N2O4/c1-25-19(23)12-18(20(24)26-2)21-15-8-5-7-13(10-15)17-11-14-6-3-4-9-16(14)22-17/h3-12,21-22H,1-2H3/b18-12+. The van der Waals surface area contributed by atoms with E-state index in [1.165, 1.54) is 14.2 Å². The van der Waals surface area contributed by atoms with Crippen LogP contribution in [-0.2, 0) is 19.1 Å². The number of carbonyl (C=O) groups is 2. The summed E-state index contributed by atoms with van der Waals surface area (Å²) < 4.78 is 9.27. The van der Waals surface area contributed by atoms with Crippen LogP contribution in [0.4, 0.5) is 5.69 Å². The van der Waals surface area contributed by atoms with Crippen molar-refractivity contribution in [2.24, 2.45) is 0 Å². The number of rotatable bonds is 5. The molecule has 3 aromatic rings. The van der Waals surface area contributed by atoms with Crippen molar-refractivity contribution >= 4 is 28.5 Å². The third-order valence-corrected chi connectivity index (χ3v) is 3.85. The summed E-state index contributed by atoms with van der Waals surface area (Å²) in [6.45, 7) is 0. The molecule has 0 spiro atoms. The summed E-state index contributed by atoms with van der Waals surface area (Å²) in [5.74, 6) is -1.31. The topological polar surface area (TPSA) is 80.4 Å². The van der Waals surface area contributed by atoms with Crippen molar-refractivity contribution in [2.75, 3.05) is 19.5 Å². The van der Waals surface area contributed by atoms with Gasteiger partial charge in [-0.05, 0) is 24.3 Å². The highest BCUT2D eigenvalue weighted by molar-refractivity contribution is 5.98. The molecule has 6 nitrogen and oxygen atoms in total. The lowest BCUT2D eigenvalue weighted by Gasteiger charge is -2.10. The third kappa shape index (κ3) is 3.75. The van der Waals surface area contributed by atoms with Gasteiger partial charge in [-0.15, -0.1) is 0 Å². The fraction of sp³-hybridized carbons (Fsp3) is 0.100. The quantitative estimate of drug-likeness (QED) is 0.544. The molecule has 0 amide bonds. The van der Waals surface area contributed by atoms with Gasteiger partial charge in [0.25, 0.3) is 0 Å². The Kier molecular flexibility index (Phi) is 5.03. The number of ether oxygens (including phenoxy) is 2. The van der Waals surface area contributed by atoms with E-state index >= 15 is 0 Å². The van der Waals surface area contributed by atoms with Gasteiger partial charge in [0, 0.05) is 27.8 Å². The van der Waals surface area contributed by atoms with Crippen LogP contribution < -0.4 is 5.32 Å². The van der Waals surface area contributed by atoms with E-state index in [1.807, 2.05) is 42.5 Å². The van der Waals surface area contributed by atoms with E-state index in [-0.39, 0.29) is 5.70 Å². The van der Waals surface area contributed by atoms with Gasteiger partial charge in [-0.2, -0.15) is 0 Å². The average molecular weight is 350 g/mol. The van der Waals surface area contributed by atoms with Gasteiger partial charge in [-0.1, -0.05) is 30.3 Å². The highest BCUT2D eigenvalue weighted by atomic mass is 16.5. The van der Waals surface area contributed by atoms with Crippen LogP contribution in [0.3, 0.4) is 0 Å². The van der Waals surface area contributed by atoms with Crippen molar-refractivity contribution < 1.29 is 19.1 Å². The van der Waals surface area contributed by atoms with Crippen molar-refractivity contribution in [1.82, 2.24) is 4.98 Å². The van der Waals surface area contributed by atoms with E-state index in [0.717, 1.165) is 28.2 Å². The van der Waals surface area contributed by atoms with Crippen molar-refractivity contribution in [3.8, 4) is 11.3 Å². The normalized spacial score (nSPS) is 11.2. The predicted octanol–water partition coefficient (Wildman–Crippen LogP) is 3.48. The number of hydrogen-bond donors (Lipinski definition) is 2. The fourth-order valence-corrected chi connectivity index (χ4v) is 2.58. The number of methoxy groups -OCH3 is 2. The van der Waals surface area contributed by atoms with E-state index in [2.05, 4.69) is 21.1 Å². The molecule has 0 atom stereocenters. The molecule has 0 aliphatic carbocycles. The number of aromatic nitrogens is 1. The highest BCUT2D eigenvalue weighted by Gasteiger charge is 2.13. The molecule has 26 heavy (non-hydrogen) atoms. The first-order valence-corrected chi connectivity index (χ1v) is 7.94. The van der Waals surface area contributed by atoms with Crippen LogP contribution in [-0.4, -0.2) is 31.1 Å². The van der Waals surface area contributed by atoms with Gasteiger partial charge in [0.1, 0.15) is 5.70 Å². The first kappa shape index (κ1) is 17.3. The Morgan fingerprint density at radius 1 is 1.00 bits per heavy atom. The van der Waals surface area contributed by atoms with Crippen molar-refractivity contribution in [2.45, 2.75) is 0 Å². The molecule has 0 saturated carbocycles. The minimum absolute atomic E-state index is 0.00635. The highest BCUT2D eigenvalue weighted by Crippen LogP contribution is 2.26. The van der Waals surface area contributed by atoms with E-state index in [0.29, 0.717) is 5.69 Å². The smallest absolute Gasteiger partial charge is 0.354 e. The van der Waals surface area contributed by atoms with Gasteiger partial charge in [-0.25, -0.2) is 9.59 Å². The lowest BCUT2D eigenvalue weighted by molar-refractivity contribution is -0.138. The summed E-state index contributed by atoms with van der Waals surface area (Å²) in [4.78, 5) is 26.7. The van der Waals surface area contributed by atoms with Crippen LogP contribution in [0, 0.1) is 0 Å². The summed E-state index contributed by atoms with van der Waals surface area (Å²) in [5.41, 5.74) is 3.57. The molecule has 0 radical (unpaired) electrons. The maximum Gasteiger partial charge on any atom is 0.354 e. The Morgan fingerprint density at radius 2 is 1.81 bits per heavy atom. The van der Waals surface area contributed by atoms with Gasteiger partial charge in [-0.3, -0.25) is 0 Å². The molecule has 0 fully saturated rings. The number of esters is 2. The first-order valence-electron chi connectivity index (χ1n) is 7.94. The second kappa shape index (κ2) is 7.57. The first-order chi connectivity index (χ1) is 12.6. The maximum absolute atomic E-state index is 11.9. The van der Waals surface area contributed by atoms with Crippen molar-refractivity contribution in [3.05, 3.63) is 66.4 Å². The van der Waals surface area contributed by atoms with Crippen LogP contribution in [0.25, 0.3) is 22.2 Å². The van der Waals surface area contributed by atoms with Crippen LogP contribution in [0.1, 0.15) is 0 Å².